The Labute approximate surface area is 91.3 Å². The largest absolute Gasteiger partial charge is 0.508 e. The maximum Gasteiger partial charge on any atom is 0.367 e. The Morgan fingerprint density at radius 2 is 2.12 bits per heavy atom. The average Bonchev–Trinajstić information content (AvgIpc) is 2.53. The molecule has 0 atom stereocenters. The summed E-state index contributed by atoms with van der Waals surface area (Å²) in [5.74, 6) is -0.705. The minimum absolute atomic E-state index is 0.0426. The topological polar surface area (TPSA) is 79.1 Å². The molecule has 5 heteroatoms. The van der Waals surface area contributed by atoms with E-state index in [1.54, 1.807) is 6.92 Å². The van der Waals surface area contributed by atoms with Gasteiger partial charge in [-0.2, -0.15) is 0 Å². The standard InChI is InChI=1S/C11H9NO4/c1-6-9(11(15)16-12-6)4-7-2-3-8(13)5-10(7)14/h2-5,13-14H,1H3/b9-4-. The van der Waals surface area contributed by atoms with Gasteiger partial charge in [0.1, 0.15) is 11.5 Å². The number of carbonyl (C=O) groups is 1. The predicted octanol–water partition coefficient (Wildman–Crippen LogP) is 1.41. The molecule has 0 radical (unpaired) electrons. The number of phenols is 2. The van der Waals surface area contributed by atoms with Crippen LogP contribution in [0, 0.1) is 0 Å². The lowest BCUT2D eigenvalue weighted by Gasteiger charge is -2.00. The molecule has 1 aliphatic heterocycles. The normalized spacial score (nSPS) is 17.4. The molecule has 1 aliphatic rings. The summed E-state index contributed by atoms with van der Waals surface area (Å²) in [6.45, 7) is 1.63. The van der Waals surface area contributed by atoms with E-state index in [4.69, 9.17) is 5.11 Å². The third-order valence-electron chi connectivity index (χ3n) is 2.19. The van der Waals surface area contributed by atoms with E-state index < -0.39 is 5.97 Å². The van der Waals surface area contributed by atoms with Crippen molar-refractivity contribution >= 4 is 17.8 Å². The van der Waals surface area contributed by atoms with Crippen LogP contribution in [0.1, 0.15) is 12.5 Å². The zero-order chi connectivity index (χ0) is 11.7. The Morgan fingerprint density at radius 1 is 1.38 bits per heavy atom. The van der Waals surface area contributed by atoms with Gasteiger partial charge in [0.05, 0.1) is 11.3 Å². The second-order valence-corrected chi connectivity index (χ2v) is 3.36. The monoisotopic (exact) mass is 219 g/mol. The second-order valence-electron chi connectivity index (χ2n) is 3.36. The highest BCUT2D eigenvalue weighted by molar-refractivity contribution is 6.24. The lowest BCUT2D eigenvalue weighted by Crippen LogP contribution is -2.01. The fourth-order valence-electron chi connectivity index (χ4n) is 1.33. The predicted molar refractivity (Wildman–Crippen MR) is 56.9 cm³/mol. The third-order valence-corrected chi connectivity index (χ3v) is 2.19. The van der Waals surface area contributed by atoms with Gasteiger partial charge in [-0.15, -0.1) is 0 Å². The highest BCUT2D eigenvalue weighted by Crippen LogP contribution is 2.26. The number of aromatic hydroxyl groups is 2. The zero-order valence-electron chi connectivity index (χ0n) is 8.47. The maximum atomic E-state index is 11.2. The van der Waals surface area contributed by atoms with Crippen LogP contribution < -0.4 is 0 Å². The molecular formula is C11H9NO4. The SMILES string of the molecule is CC1=NOC(=O)/C1=C\c1ccc(O)cc1O. The molecule has 16 heavy (non-hydrogen) atoms. The van der Waals surface area contributed by atoms with Crippen LogP contribution >= 0.6 is 0 Å². The number of oxime groups is 1. The van der Waals surface area contributed by atoms with Crippen LogP contribution in [-0.4, -0.2) is 21.9 Å². The van der Waals surface area contributed by atoms with E-state index in [1.165, 1.54) is 24.3 Å². The first-order chi connectivity index (χ1) is 7.58. The van der Waals surface area contributed by atoms with Crippen molar-refractivity contribution < 1.29 is 19.8 Å². The lowest BCUT2D eigenvalue weighted by atomic mass is 10.1. The smallest absolute Gasteiger partial charge is 0.367 e. The molecule has 1 aromatic rings. The molecule has 0 spiro atoms. The molecule has 2 N–H and O–H groups in total. The molecule has 0 fully saturated rings. The molecule has 0 aliphatic carbocycles. The zero-order valence-corrected chi connectivity index (χ0v) is 8.47. The number of hydrogen-bond donors (Lipinski definition) is 2. The molecule has 0 amide bonds. The van der Waals surface area contributed by atoms with E-state index in [-0.39, 0.29) is 11.5 Å². The summed E-state index contributed by atoms with van der Waals surface area (Å²) in [6.07, 6.45) is 1.46. The summed E-state index contributed by atoms with van der Waals surface area (Å²) in [7, 11) is 0. The van der Waals surface area contributed by atoms with Gasteiger partial charge in [0.25, 0.3) is 0 Å². The van der Waals surface area contributed by atoms with Crippen LogP contribution in [-0.2, 0) is 9.63 Å². The number of benzene rings is 1. The average molecular weight is 219 g/mol. The van der Waals surface area contributed by atoms with E-state index in [9.17, 15) is 9.90 Å². The number of rotatable bonds is 1. The van der Waals surface area contributed by atoms with E-state index in [1.807, 2.05) is 0 Å². The minimum Gasteiger partial charge on any atom is -0.508 e. The Hall–Kier alpha value is -2.30. The Kier molecular flexibility index (Phi) is 2.36. The highest BCUT2D eigenvalue weighted by atomic mass is 16.7. The van der Waals surface area contributed by atoms with E-state index in [0.717, 1.165) is 0 Å². The molecule has 2 rings (SSSR count). The fourth-order valence-corrected chi connectivity index (χ4v) is 1.33. The van der Waals surface area contributed by atoms with E-state index in [0.29, 0.717) is 16.8 Å². The summed E-state index contributed by atoms with van der Waals surface area (Å²) in [5, 5.41) is 22.1. The summed E-state index contributed by atoms with van der Waals surface area (Å²) in [6, 6.07) is 4.11. The van der Waals surface area contributed by atoms with Crippen LogP contribution in [0.3, 0.4) is 0 Å². The van der Waals surface area contributed by atoms with Gasteiger partial charge in [-0.25, -0.2) is 4.79 Å². The molecule has 1 aromatic carbocycles. The van der Waals surface area contributed by atoms with Crippen LogP contribution in [0.15, 0.2) is 28.9 Å². The number of nitrogens with zero attached hydrogens (tertiary/aromatic N) is 1. The van der Waals surface area contributed by atoms with Crippen LogP contribution in [0.2, 0.25) is 0 Å². The first kappa shape index (κ1) is 10.2. The molecular weight excluding hydrogens is 210 g/mol. The summed E-state index contributed by atoms with van der Waals surface area (Å²) < 4.78 is 0. The summed E-state index contributed by atoms with van der Waals surface area (Å²) >= 11 is 0. The molecule has 0 aromatic heterocycles. The Bertz CT molecular complexity index is 517. The van der Waals surface area contributed by atoms with Crippen molar-refractivity contribution in [2.75, 3.05) is 0 Å². The third kappa shape index (κ3) is 1.75. The van der Waals surface area contributed by atoms with Crippen LogP contribution in [0.25, 0.3) is 6.08 Å². The van der Waals surface area contributed by atoms with Crippen molar-refractivity contribution in [3.8, 4) is 11.5 Å². The molecule has 0 bridgehead atoms. The first-order valence-electron chi connectivity index (χ1n) is 4.58. The van der Waals surface area contributed by atoms with Crippen molar-refractivity contribution in [3.05, 3.63) is 29.3 Å². The number of hydrogen-bond acceptors (Lipinski definition) is 5. The van der Waals surface area contributed by atoms with Gasteiger partial charge in [0.2, 0.25) is 0 Å². The number of phenolic OH excluding ortho intramolecular Hbond substituents is 2. The quantitative estimate of drug-likeness (QED) is 0.553. The minimum atomic E-state index is -0.551. The molecule has 82 valence electrons. The van der Waals surface area contributed by atoms with Gasteiger partial charge in [0.15, 0.2) is 0 Å². The van der Waals surface area contributed by atoms with Gasteiger partial charge >= 0.3 is 5.97 Å². The summed E-state index contributed by atoms with van der Waals surface area (Å²) in [4.78, 5) is 15.7. The van der Waals surface area contributed by atoms with Gasteiger partial charge in [-0.05, 0) is 25.1 Å². The second kappa shape index (κ2) is 3.69. The van der Waals surface area contributed by atoms with Crippen molar-refractivity contribution in [2.45, 2.75) is 6.92 Å². The summed E-state index contributed by atoms with van der Waals surface area (Å²) in [5.41, 5.74) is 1.17. The fraction of sp³-hybridized carbons (Fsp3) is 0.0909. The maximum absolute atomic E-state index is 11.2. The molecule has 1 heterocycles. The van der Waals surface area contributed by atoms with Gasteiger partial charge in [0, 0.05) is 11.6 Å². The number of carbonyl (C=O) groups excluding carboxylic acids is 1. The Balaban J connectivity index is 2.43. The van der Waals surface area contributed by atoms with Crippen molar-refractivity contribution in [3.63, 3.8) is 0 Å². The first-order valence-corrected chi connectivity index (χ1v) is 4.58. The molecule has 0 saturated carbocycles. The van der Waals surface area contributed by atoms with E-state index >= 15 is 0 Å². The lowest BCUT2D eigenvalue weighted by molar-refractivity contribution is -0.136. The molecule has 5 nitrogen and oxygen atoms in total. The van der Waals surface area contributed by atoms with Gasteiger partial charge < -0.3 is 15.1 Å². The highest BCUT2D eigenvalue weighted by Gasteiger charge is 2.22. The van der Waals surface area contributed by atoms with E-state index in [2.05, 4.69) is 9.99 Å². The van der Waals surface area contributed by atoms with Gasteiger partial charge in [-0.1, -0.05) is 5.16 Å². The van der Waals surface area contributed by atoms with Crippen molar-refractivity contribution in [2.24, 2.45) is 5.16 Å². The van der Waals surface area contributed by atoms with Gasteiger partial charge in [-0.3, -0.25) is 0 Å². The van der Waals surface area contributed by atoms with Crippen LogP contribution in [0.4, 0.5) is 0 Å². The van der Waals surface area contributed by atoms with Crippen molar-refractivity contribution in [1.29, 1.82) is 0 Å². The van der Waals surface area contributed by atoms with Crippen LogP contribution in [0.5, 0.6) is 11.5 Å². The molecule has 0 unspecified atom stereocenters. The molecule has 0 saturated heterocycles. The van der Waals surface area contributed by atoms with Crippen molar-refractivity contribution in [1.82, 2.24) is 0 Å². The Morgan fingerprint density at radius 3 is 2.69 bits per heavy atom.